The van der Waals surface area contributed by atoms with Gasteiger partial charge in [0, 0.05) is 30.4 Å². The molecule has 20 heavy (non-hydrogen) atoms. The van der Waals surface area contributed by atoms with Crippen molar-refractivity contribution in [2.24, 2.45) is 5.41 Å². The van der Waals surface area contributed by atoms with E-state index in [0.29, 0.717) is 11.1 Å². The van der Waals surface area contributed by atoms with Crippen molar-refractivity contribution in [1.82, 2.24) is 15.2 Å². The Bertz CT molecular complexity index is 479. The molecule has 0 bridgehead atoms. The molecule has 1 spiro atoms. The lowest BCUT2D eigenvalue weighted by Crippen LogP contribution is -2.42. The van der Waals surface area contributed by atoms with E-state index < -0.39 is 0 Å². The molecule has 2 aliphatic heterocycles. The van der Waals surface area contributed by atoms with E-state index in [1.54, 1.807) is 11.3 Å². The van der Waals surface area contributed by atoms with E-state index in [4.69, 9.17) is 0 Å². The average Bonchev–Trinajstić information content (AvgIpc) is 3.08. The molecule has 2 saturated heterocycles. The van der Waals surface area contributed by atoms with E-state index in [9.17, 15) is 4.79 Å². The third-order valence-electron chi connectivity index (χ3n) is 4.52. The Morgan fingerprint density at radius 1 is 1.55 bits per heavy atom. The largest absolute Gasteiger partial charge is 0.337 e. The summed E-state index contributed by atoms with van der Waals surface area (Å²) in [5, 5.41) is 6.50. The van der Waals surface area contributed by atoms with Crippen LogP contribution in [0.25, 0.3) is 0 Å². The maximum atomic E-state index is 12.5. The van der Waals surface area contributed by atoms with Gasteiger partial charge in [0.05, 0.1) is 5.01 Å². The van der Waals surface area contributed by atoms with Gasteiger partial charge in [-0.05, 0) is 38.6 Å². The number of nitrogens with zero attached hydrogens (tertiary/aromatic N) is 2. The van der Waals surface area contributed by atoms with Gasteiger partial charge in [0.1, 0.15) is 5.69 Å². The standard InChI is InChI=1S/C15H23N3OS/c1-2-4-13-17-12(9-20-13)14(19)18-8-6-15(11-18)5-3-7-16-10-15/h9,16H,2-8,10-11H2,1H3. The predicted octanol–water partition coefficient (Wildman–Crippen LogP) is 2.31. The molecule has 1 N–H and O–H groups in total. The number of amides is 1. The molecule has 0 aromatic carbocycles. The molecule has 2 aliphatic rings. The molecule has 0 aliphatic carbocycles. The molecule has 3 rings (SSSR count). The van der Waals surface area contributed by atoms with Crippen LogP contribution in [-0.4, -0.2) is 42.0 Å². The normalized spacial score (nSPS) is 26.4. The van der Waals surface area contributed by atoms with E-state index in [-0.39, 0.29) is 5.91 Å². The number of hydrogen-bond acceptors (Lipinski definition) is 4. The van der Waals surface area contributed by atoms with Gasteiger partial charge >= 0.3 is 0 Å². The molecule has 4 nitrogen and oxygen atoms in total. The summed E-state index contributed by atoms with van der Waals surface area (Å²) in [5.74, 6) is 0.131. The topological polar surface area (TPSA) is 45.2 Å². The molecule has 110 valence electrons. The average molecular weight is 293 g/mol. The van der Waals surface area contributed by atoms with Gasteiger partial charge in [0.15, 0.2) is 0 Å². The van der Waals surface area contributed by atoms with Gasteiger partial charge in [-0.2, -0.15) is 0 Å². The molecule has 1 amide bonds. The van der Waals surface area contributed by atoms with E-state index >= 15 is 0 Å². The lowest BCUT2D eigenvalue weighted by Gasteiger charge is -2.33. The molecule has 1 unspecified atom stereocenters. The Morgan fingerprint density at radius 2 is 2.45 bits per heavy atom. The van der Waals surface area contributed by atoms with Crippen LogP contribution >= 0.6 is 11.3 Å². The number of aryl methyl sites for hydroxylation is 1. The number of hydrogen-bond donors (Lipinski definition) is 1. The first kappa shape index (κ1) is 14.0. The molecular weight excluding hydrogens is 270 g/mol. The van der Waals surface area contributed by atoms with Crippen LogP contribution in [0.15, 0.2) is 5.38 Å². The number of carbonyl (C=O) groups is 1. The summed E-state index contributed by atoms with van der Waals surface area (Å²) in [5.41, 5.74) is 0.982. The van der Waals surface area contributed by atoms with E-state index in [2.05, 4.69) is 17.2 Å². The van der Waals surface area contributed by atoms with Crippen molar-refractivity contribution in [3.63, 3.8) is 0 Å². The summed E-state index contributed by atoms with van der Waals surface area (Å²) in [7, 11) is 0. The van der Waals surface area contributed by atoms with Crippen molar-refractivity contribution in [1.29, 1.82) is 0 Å². The predicted molar refractivity (Wildman–Crippen MR) is 81.2 cm³/mol. The molecule has 0 radical (unpaired) electrons. The van der Waals surface area contributed by atoms with Crippen molar-refractivity contribution in [2.75, 3.05) is 26.2 Å². The minimum atomic E-state index is 0.131. The number of piperidine rings is 1. The third-order valence-corrected chi connectivity index (χ3v) is 5.43. The molecular formula is C15H23N3OS. The van der Waals surface area contributed by atoms with E-state index in [0.717, 1.165) is 50.4 Å². The van der Waals surface area contributed by atoms with Gasteiger partial charge in [-0.25, -0.2) is 4.98 Å². The highest BCUT2D eigenvalue weighted by Gasteiger charge is 2.41. The summed E-state index contributed by atoms with van der Waals surface area (Å²) < 4.78 is 0. The van der Waals surface area contributed by atoms with Gasteiger partial charge < -0.3 is 10.2 Å². The molecule has 2 fully saturated rings. The minimum absolute atomic E-state index is 0.131. The van der Waals surface area contributed by atoms with Crippen molar-refractivity contribution < 1.29 is 4.79 Å². The van der Waals surface area contributed by atoms with Crippen LogP contribution in [0.3, 0.4) is 0 Å². The summed E-state index contributed by atoms with van der Waals surface area (Å²) in [6.45, 7) is 6.13. The Kier molecular flexibility index (Phi) is 4.08. The van der Waals surface area contributed by atoms with Crippen LogP contribution in [0.4, 0.5) is 0 Å². The summed E-state index contributed by atoms with van der Waals surface area (Å²) >= 11 is 1.62. The second-order valence-electron chi connectivity index (χ2n) is 6.13. The second-order valence-corrected chi connectivity index (χ2v) is 7.08. The summed E-state index contributed by atoms with van der Waals surface area (Å²) in [6.07, 6.45) is 5.68. The number of rotatable bonds is 3. The van der Waals surface area contributed by atoms with E-state index in [1.165, 1.54) is 12.8 Å². The van der Waals surface area contributed by atoms with Crippen LogP contribution < -0.4 is 5.32 Å². The lowest BCUT2D eigenvalue weighted by molar-refractivity contribution is 0.0759. The first-order chi connectivity index (χ1) is 9.72. The Morgan fingerprint density at radius 3 is 3.20 bits per heavy atom. The van der Waals surface area contributed by atoms with Crippen LogP contribution in [0.2, 0.25) is 0 Å². The lowest BCUT2D eigenvalue weighted by atomic mass is 9.80. The molecule has 1 aromatic rings. The number of aromatic nitrogens is 1. The maximum Gasteiger partial charge on any atom is 0.273 e. The van der Waals surface area contributed by atoms with Crippen LogP contribution in [0.5, 0.6) is 0 Å². The SMILES string of the molecule is CCCc1nc(C(=O)N2CCC3(CCCNC3)C2)cs1. The Hall–Kier alpha value is -0.940. The zero-order valence-corrected chi connectivity index (χ0v) is 13.0. The van der Waals surface area contributed by atoms with Gasteiger partial charge in [-0.1, -0.05) is 6.92 Å². The smallest absolute Gasteiger partial charge is 0.273 e. The molecule has 1 atom stereocenters. The van der Waals surface area contributed by atoms with Crippen LogP contribution in [-0.2, 0) is 6.42 Å². The van der Waals surface area contributed by atoms with Gasteiger partial charge in [0.2, 0.25) is 0 Å². The summed E-state index contributed by atoms with van der Waals surface area (Å²) in [4.78, 5) is 19.0. The quantitative estimate of drug-likeness (QED) is 0.930. The Balaban J connectivity index is 1.65. The summed E-state index contributed by atoms with van der Waals surface area (Å²) in [6, 6.07) is 0. The maximum absolute atomic E-state index is 12.5. The monoisotopic (exact) mass is 293 g/mol. The van der Waals surface area contributed by atoms with Crippen molar-refractivity contribution in [3.8, 4) is 0 Å². The fraction of sp³-hybridized carbons (Fsp3) is 0.733. The minimum Gasteiger partial charge on any atom is -0.337 e. The first-order valence-electron chi connectivity index (χ1n) is 7.67. The highest BCUT2D eigenvalue weighted by atomic mass is 32.1. The first-order valence-corrected chi connectivity index (χ1v) is 8.55. The third kappa shape index (κ3) is 2.74. The highest BCUT2D eigenvalue weighted by molar-refractivity contribution is 7.09. The van der Waals surface area contributed by atoms with Crippen LogP contribution in [0, 0.1) is 5.41 Å². The number of nitrogens with one attached hydrogen (secondary N) is 1. The van der Waals surface area contributed by atoms with Gasteiger partial charge in [-0.15, -0.1) is 11.3 Å². The number of likely N-dealkylation sites (tertiary alicyclic amines) is 1. The zero-order chi connectivity index (χ0) is 14.0. The highest BCUT2D eigenvalue weighted by Crippen LogP contribution is 2.36. The molecule has 3 heterocycles. The molecule has 0 saturated carbocycles. The van der Waals surface area contributed by atoms with Crippen LogP contribution in [0.1, 0.15) is 48.1 Å². The van der Waals surface area contributed by atoms with Crippen molar-refractivity contribution >= 4 is 17.2 Å². The molecule has 1 aromatic heterocycles. The van der Waals surface area contributed by atoms with Gasteiger partial charge in [-0.3, -0.25) is 4.79 Å². The number of thiazole rings is 1. The van der Waals surface area contributed by atoms with Crippen molar-refractivity contribution in [3.05, 3.63) is 16.1 Å². The Labute approximate surface area is 124 Å². The van der Waals surface area contributed by atoms with Crippen molar-refractivity contribution in [2.45, 2.75) is 39.0 Å². The van der Waals surface area contributed by atoms with Gasteiger partial charge in [0.25, 0.3) is 5.91 Å². The fourth-order valence-corrected chi connectivity index (χ4v) is 4.26. The van der Waals surface area contributed by atoms with E-state index in [1.807, 2.05) is 10.3 Å². The fourth-order valence-electron chi connectivity index (χ4n) is 3.39. The number of carbonyl (C=O) groups excluding carboxylic acids is 1. The second kappa shape index (κ2) is 5.82. The zero-order valence-electron chi connectivity index (χ0n) is 12.2. The molecule has 5 heteroatoms.